The minimum atomic E-state index is -0.390. The fourth-order valence-electron chi connectivity index (χ4n) is 3.14. The molecule has 0 unspecified atom stereocenters. The third-order valence-corrected chi connectivity index (χ3v) is 5.40. The molecule has 0 aliphatic heterocycles. The maximum Gasteiger partial charge on any atom is 0.262 e. The van der Waals surface area contributed by atoms with E-state index in [2.05, 4.69) is 5.32 Å². The Kier molecular flexibility index (Phi) is 4.83. The van der Waals surface area contributed by atoms with Gasteiger partial charge in [-0.15, -0.1) is 11.3 Å². The molecule has 0 spiro atoms. The Morgan fingerprint density at radius 2 is 2.04 bits per heavy atom. The summed E-state index contributed by atoms with van der Waals surface area (Å²) in [5, 5.41) is 4.97. The first kappa shape index (κ1) is 18.2. The fraction of sp³-hybridized carbons (Fsp3) is 0.143. The second kappa shape index (κ2) is 7.44. The van der Waals surface area contributed by atoms with Gasteiger partial charge in [0.2, 0.25) is 0 Å². The van der Waals surface area contributed by atoms with Gasteiger partial charge in [0.25, 0.3) is 11.5 Å². The zero-order valence-electron chi connectivity index (χ0n) is 15.1. The summed E-state index contributed by atoms with van der Waals surface area (Å²) in [6.07, 6.45) is 1.55. The molecule has 4 aromatic rings. The summed E-state index contributed by atoms with van der Waals surface area (Å²) in [5.74, 6) is -0.378. The van der Waals surface area contributed by atoms with Crippen molar-refractivity contribution in [3.05, 3.63) is 92.0 Å². The van der Waals surface area contributed by atoms with Gasteiger partial charge >= 0.3 is 0 Å². The van der Waals surface area contributed by atoms with Crippen molar-refractivity contribution in [2.24, 2.45) is 0 Å². The zero-order valence-corrected chi connectivity index (χ0v) is 15.9. The van der Waals surface area contributed by atoms with Gasteiger partial charge in [0.15, 0.2) is 0 Å². The summed E-state index contributed by atoms with van der Waals surface area (Å²) in [6, 6.07) is 11.7. The van der Waals surface area contributed by atoms with E-state index >= 15 is 0 Å². The van der Waals surface area contributed by atoms with Crippen molar-refractivity contribution in [3.8, 4) is 0 Å². The molecular formula is C21H17FN2O3S. The predicted molar refractivity (Wildman–Crippen MR) is 106 cm³/mol. The molecule has 1 N–H and O–H groups in total. The van der Waals surface area contributed by atoms with Gasteiger partial charge in [-0.1, -0.05) is 24.3 Å². The lowest BCUT2D eigenvalue weighted by atomic mass is 10.1. The topological polar surface area (TPSA) is 64.2 Å². The number of thiophene rings is 1. The number of aromatic nitrogens is 1. The number of nitrogens with one attached hydrogen (secondary N) is 1. The van der Waals surface area contributed by atoms with Crippen molar-refractivity contribution in [3.63, 3.8) is 0 Å². The minimum absolute atomic E-state index is 0.0714. The van der Waals surface area contributed by atoms with Crippen molar-refractivity contribution in [1.82, 2.24) is 9.88 Å². The molecule has 4 rings (SSSR count). The summed E-state index contributed by atoms with van der Waals surface area (Å²) in [6.45, 7) is 2.10. The Morgan fingerprint density at radius 1 is 1.21 bits per heavy atom. The summed E-state index contributed by atoms with van der Waals surface area (Å²) >= 11 is 1.54. The van der Waals surface area contributed by atoms with Gasteiger partial charge < -0.3 is 14.3 Å². The third kappa shape index (κ3) is 3.36. The van der Waals surface area contributed by atoms with Crippen LogP contribution in [0.25, 0.3) is 11.0 Å². The molecule has 1 aromatic carbocycles. The maximum atomic E-state index is 14.0. The van der Waals surface area contributed by atoms with Crippen LogP contribution in [0.15, 0.2) is 63.3 Å². The number of hydrogen-bond donors (Lipinski definition) is 1. The van der Waals surface area contributed by atoms with Crippen molar-refractivity contribution in [1.29, 1.82) is 0 Å². The summed E-state index contributed by atoms with van der Waals surface area (Å²) < 4.78 is 21.0. The van der Waals surface area contributed by atoms with Crippen LogP contribution >= 0.6 is 11.3 Å². The Morgan fingerprint density at radius 3 is 2.79 bits per heavy atom. The van der Waals surface area contributed by atoms with Crippen molar-refractivity contribution >= 4 is 28.2 Å². The molecule has 7 heteroatoms. The lowest BCUT2D eigenvalue weighted by molar-refractivity contribution is 0.0951. The highest BCUT2D eigenvalue weighted by molar-refractivity contribution is 7.09. The SMILES string of the molecule is Cc1oc2ccn(Cc3ccccc3F)c(=O)c2c1C(=O)NCc1cccs1. The molecule has 0 saturated carbocycles. The van der Waals surface area contributed by atoms with Crippen LogP contribution in [0, 0.1) is 12.7 Å². The van der Waals surface area contributed by atoms with E-state index < -0.39 is 0 Å². The highest BCUT2D eigenvalue weighted by atomic mass is 32.1. The van der Waals surface area contributed by atoms with Crippen LogP contribution in [0.2, 0.25) is 0 Å². The molecule has 0 atom stereocenters. The number of furan rings is 1. The van der Waals surface area contributed by atoms with Crippen LogP contribution in [0.3, 0.4) is 0 Å². The average molecular weight is 396 g/mol. The van der Waals surface area contributed by atoms with Gasteiger partial charge in [-0.2, -0.15) is 0 Å². The molecule has 0 bridgehead atoms. The second-order valence-corrected chi connectivity index (χ2v) is 7.41. The highest BCUT2D eigenvalue weighted by Gasteiger charge is 2.22. The van der Waals surface area contributed by atoms with E-state index in [9.17, 15) is 14.0 Å². The van der Waals surface area contributed by atoms with Crippen LogP contribution in [-0.4, -0.2) is 10.5 Å². The molecule has 0 saturated heterocycles. The molecular weight excluding hydrogens is 379 g/mol. The fourth-order valence-corrected chi connectivity index (χ4v) is 3.79. The predicted octanol–water partition coefficient (Wildman–Crippen LogP) is 4.08. The summed E-state index contributed by atoms with van der Waals surface area (Å²) in [7, 11) is 0. The number of benzene rings is 1. The Hall–Kier alpha value is -3.19. The van der Waals surface area contributed by atoms with Gasteiger partial charge in [0.1, 0.15) is 17.2 Å². The average Bonchev–Trinajstić information content (AvgIpc) is 3.31. The molecule has 3 heterocycles. The molecule has 0 aliphatic carbocycles. The number of halogens is 1. The molecule has 3 aromatic heterocycles. The van der Waals surface area contributed by atoms with Gasteiger partial charge in [0.05, 0.1) is 24.0 Å². The first-order valence-corrected chi connectivity index (χ1v) is 9.59. The molecule has 142 valence electrons. The van der Waals surface area contributed by atoms with E-state index in [1.54, 1.807) is 37.4 Å². The van der Waals surface area contributed by atoms with Gasteiger partial charge in [0, 0.05) is 16.6 Å². The summed E-state index contributed by atoms with van der Waals surface area (Å²) in [5.41, 5.74) is 0.569. The van der Waals surface area contributed by atoms with Gasteiger partial charge in [-0.3, -0.25) is 9.59 Å². The van der Waals surface area contributed by atoms with Crippen LogP contribution < -0.4 is 10.9 Å². The number of carbonyl (C=O) groups excluding carboxylic acids is 1. The number of carbonyl (C=O) groups is 1. The smallest absolute Gasteiger partial charge is 0.262 e. The van der Waals surface area contributed by atoms with Crippen molar-refractivity contribution in [2.75, 3.05) is 0 Å². The number of amides is 1. The molecule has 1 amide bonds. The van der Waals surface area contributed by atoms with Crippen LogP contribution in [0.5, 0.6) is 0 Å². The maximum absolute atomic E-state index is 14.0. The number of nitrogens with zero attached hydrogens (tertiary/aromatic N) is 1. The first-order valence-electron chi connectivity index (χ1n) is 8.71. The third-order valence-electron chi connectivity index (χ3n) is 4.52. The molecule has 0 fully saturated rings. The monoisotopic (exact) mass is 396 g/mol. The number of rotatable bonds is 5. The lowest BCUT2D eigenvalue weighted by Crippen LogP contribution is -2.26. The number of hydrogen-bond acceptors (Lipinski definition) is 4. The van der Waals surface area contributed by atoms with E-state index in [1.807, 2.05) is 17.5 Å². The van der Waals surface area contributed by atoms with E-state index in [1.165, 1.54) is 22.0 Å². The standard InChI is InChI=1S/C21H17FN2O3S/c1-13-18(20(25)23-11-15-6-4-10-28-15)19-17(27-13)8-9-24(21(19)26)12-14-5-2-3-7-16(14)22/h2-10H,11-12H2,1H3,(H,23,25). The van der Waals surface area contributed by atoms with Gasteiger partial charge in [-0.25, -0.2) is 4.39 Å². The minimum Gasteiger partial charge on any atom is -0.460 e. The second-order valence-electron chi connectivity index (χ2n) is 6.37. The van der Waals surface area contributed by atoms with Crippen LogP contribution in [0.4, 0.5) is 4.39 Å². The zero-order chi connectivity index (χ0) is 19.7. The van der Waals surface area contributed by atoms with E-state index in [-0.39, 0.29) is 34.8 Å². The molecule has 0 radical (unpaired) electrons. The van der Waals surface area contributed by atoms with E-state index in [4.69, 9.17) is 4.42 Å². The van der Waals surface area contributed by atoms with E-state index in [0.717, 1.165) is 4.88 Å². The van der Waals surface area contributed by atoms with E-state index in [0.29, 0.717) is 23.5 Å². The summed E-state index contributed by atoms with van der Waals surface area (Å²) in [4.78, 5) is 26.8. The molecule has 5 nitrogen and oxygen atoms in total. The molecule has 28 heavy (non-hydrogen) atoms. The van der Waals surface area contributed by atoms with Crippen LogP contribution in [0.1, 0.15) is 26.6 Å². The lowest BCUT2D eigenvalue weighted by Gasteiger charge is -2.07. The molecule has 0 aliphatic rings. The quantitative estimate of drug-likeness (QED) is 0.553. The van der Waals surface area contributed by atoms with Crippen molar-refractivity contribution in [2.45, 2.75) is 20.0 Å². The van der Waals surface area contributed by atoms with Crippen LogP contribution in [-0.2, 0) is 13.1 Å². The van der Waals surface area contributed by atoms with Crippen molar-refractivity contribution < 1.29 is 13.6 Å². The largest absolute Gasteiger partial charge is 0.460 e. The number of fused-ring (bicyclic) bond motifs is 1. The Bertz CT molecular complexity index is 1210. The Labute approximate surface area is 164 Å². The highest BCUT2D eigenvalue weighted by Crippen LogP contribution is 2.23. The number of aryl methyl sites for hydroxylation is 1. The Balaban J connectivity index is 1.71. The normalized spacial score (nSPS) is 11.1. The first-order chi connectivity index (χ1) is 13.5. The van der Waals surface area contributed by atoms with Gasteiger partial charge in [-0.05, 0) is 30.5 Å². The number of pyridine rings is 1.